The van der Waals surface area contributed by atoms with Crippen LogP contribution < -0.4 is 118 Å². The van der Waals surface area contributed by atoms with Crippen molar-refractivity contribution in [3.8, 4) is 68.1 Å². The first-order chi connectivity index (χ1) is 31.2. The average molecular weight is 1050 g/mol. The van der Waals surface area contributed by atoms with Crippen LogP contribution in [0.3, 0.4) is 0 Å². The van der Waals surface area contributed by atoms with Gasteiger partial charge >= 0.3 is 118 Å². The minimum Gasteiger partial charge on any atom is -0.744 e. The Morgan fingerprint density at radius 3 is 0.871 bits per heavy atom. The minimum absolute atomic E-state index is 0. The molecule has 0 radical (unpaired) electrons. The third-order valence-corrected chi connectivity index (χ3v) is 13.3. The van der Waals surface area contributed by atoms with Gasteiger partial charge in [0.15, 0.2) is 0 Å². The third kappa shape index (κ3) is 12.3. The van der Waals surface area contributed by atoms with E-state index in [0.29, 0.717) is 21.8 Å². The second-order valence-electron chi connectivity index (χ2n) is 14.2. The maximum Gasteiger partial charge on any atom is 1.00 e. The predicted octanol–water partition coefficient (Wildman–Crippen LogP) is -7.21. The first-order valence-electron chi connectivity index (χ1n) is 18.7. The minimum atomic E-state index is -4.94. The Morgan fingerprint density at radius 1 is 0.314 bits per heavy atom. The van der Waals surface area contributed by atoms with Gasteiger partial charge in [-0.25, -0.2) is 53.6 Å². The molecule has 28 heteroatoms. The molecule has 20 nitrogen and oxygen atoms in total. The summed E-state index contributed by atoms with van der Waals surface area (Å²) in [5.41, 5.74) is 0.976. The van der Waals surface area contributed by atoms with Gasteiger partial charge in [-0.1, -0.05) is 72.8 Å². The van der Waals surface area contributed by atoms with Crippen LogP contribution in [-0.2, 0) is 40.5 Å². The Hall–Kier alpha value is -3.42. The van der Waals surface area contributed by atoms with E-state index in [0.717, 1.165) is 48.5 Å². The monoisotopic (exact) mass is 1050 g/mol. The van der Waals surface area contributed by atoms with Crippen LogP contribution in [0.5, 0.6) is 0 Å². The van der Waals surface area contributed by atoms with Crippen molar-refractivity contribution < 1.29 is 170 Å². The summed E-state index contributed by atoms with van der Waals surface area (Å²) in [6, 6.07) is 29.6. The van der Waals surface area contributed by atoms with E-state index in [1.165, 1.54) is 48.5 Å². The molecule has 0 aliphatic carbocycles. The van der Waals surface area contributed by atoms with E-state index in [-0.39, 0.29) is 186 Å². The molecule has 70 heavy (non-hydrogen) atoms. The van der Waals surface area contributed by atoms with Crippen LogP contribution in [0, 0.1) is 0 Å². The molecule has 4 heterocycles. The number of aromatic nitrogens is 8. The zero-order valence-corrected chi connectivity index (χ0v) is 48.1. The fourth-order valence-electron chi connectivity index (χ4n) is 6.87. The van der Waals surface area contributed by atoms with Gasteiger partial charge in [0.1, 0.15) is 74.6 Å². The van der Waals surface area contributed by atoms with Crippen molar-refractivity contribution in [3.63, 3.8) is 0 Å². The van der Waals surface area contributed by atoms with Gasteiger partial charge in [0.05, 0.1) is 30.6 Å². The first kappa shape index (κ1) is 57.5. The quantitative estimate of drug-likeness (QED) is 0.0698. The molecule has 9 aromatic rings. The van der Waals surface area contributed by atoms with Crippen molar-refractivity contribution in [3.05, 3.63) is 133 Å². The summed E-state index contributed by atoms with van der Waals surface area (Å²) in [6.07, 6.45) is 0. The molecule has 0 unspecified atom stereocenters. The Morgan fingerprint density at radius 2 is 0.586 bits per heavy atom. The number of hydrogen-bond donors (Lipinski definition) is 0. The van der Waals surface area contributed by atoms with E-state index in [2.05, 4.69) is 30.4 Å². The zero-order valence-electron chi connectivity index (χ0n) is 36.8. The molecule has 0 bridgehead atoms. The van der Waals surface area contributed by atoms with Crippen LogP contribution in [0.25, 0.3) is 89.9 Å². The summed E-state index contributed by atoms with van der Waals surface area (Å²) in [5, 5.41) is 18.3. The SMILES string of the molecule is O=S(=O)([O-])c1cccc(-c2nnc(-c3ccc4ccc5ccc(-c6nnc(-c7cccc(S(=O)(=O)[O-])c7)c(-c7cccc(S(=O)(=O)[O-])c7)n6)nc5c4n3)nc2-c2cccc(S(=O)(=O)[O-])c2)c1.[Na+].[Na+].[Na+].[Na+]. The Labute approximate surface area is 487 Å². The van der Waals surface area contributed by atoms with Crippen LogP contribution in [0.15, 0.2) is 153 Å². The molecular weight excluding hydrogens is 1030 g/mol. The molecule has 4 aromatic heterocycles. The van der Waals surface area contributed by atoms with Crippen LogP contribution in [-0.4, -0.2) is 92.2 Å². The van der Waals surface area contributed by atoms with Crippen molar-refractivity contribution in [1.82, 2.24) is 40.3 Å². The van der Waals surface area contributed by atoms with Crippen molar-refractivity contribution in [2.24, 2.45) is 0 Å². The second-order valence-corrected chi connectivity index (χ2v) is 19.7. The van der Waals surface area contributed by atoms with Crippen LogP contribution in [0.4, 0.5) is 0 Å². The maximum atomic E-state index is 12.0. The van der Waals surface area contributed by atoms with Gasteiger partial charge in [-0.15, -0.1) is 20.4 Å². The number of benzene rings is 5. The summed E-state index contributed by atoms with van der Waals surface area (Å²) in [7, 11) is -19.7. The molecule has 0 saturated carbocycles. The second kappa shape index (κ2) is 22.4. The largest absolute Gasteiger partial charge is 1.00 e. The standard InChI is InChI=1S/C42H26N8O12S4.4Na/c51-63(52,53)29-9-1-5-25(19-29)37-39(27-7-3-11-31(21-27)65(57,58)59)47-49-41(45-37)33-17-15-23-13-14-24-16-18-34(44-36(24)35(23)43-33)42-46-38(26-6-2-10-30(20-26)64(54,55)56)40(48-50-42)28-8-4-12-32(22-28)66(60,61)62;;;;/h1-22H,(H,51,52,53)(H,54,55,56)(H,57,58,59)(H,60,61,62);;;;/q;4*+1/p-4. The van der Waals surface area contributed by atoms with E-state index in [1.54, 1.807) is 36.4 Å². The van der Waals surface area contributed by atoms with Crippen molar-refractivity contribution in [2.45, 2.75) is 19.6 Å². The van der Waals surface area contributed by atoms with Crippen LogP contribution in [0.1, 0.15) is 0 Å². The summed E-state index contributed by atoms with van der Waals surface area (Å²) >= 11 is 0. The number of rotatable bonds is 10. The van der Waals surface area contributed by atoms with Gasteiger partial charge in [-0.3, -0.25) is 0 Å². The van der Waals surface area contributed by atoms with Crippen LogP contribution >= 0.6 is 0 Å². The summed E-state index contributed by atoms with van der Waals surface area (Å²) < 4.78 is 143. The molecule has 0 spiro atoms. The predicted molar refractivity (Wildman–Crippen MR) is 228 cm³/mol. The van der Waals surface area contributed by atoms with E-state index >= 15 is 0 Å². The molecule has 0 atom stereocenters. The fourth-order valence-corrected chi connectivity index (χ4v) is 8.94. The molecule has 0 saturated heterocycles. The van der Waals surface area contributed by atoms with Crippen molar-refractivity contribution in [1.29, 1.82) is 0 Å². The molecule has 9 rings (SSSR count). The topological polar surface area (TPSA) is 332 Å². The number of hydrogen-bond acceptors (Lipinski definition) is 20. The number of pyridine rings is 2. The van der Waals surface area contributed by atoms with Crippen molar-refractivity contribution >= 4 is 62.3 Å². The Bertz CT molecular complexity index is 3740. The molecular formula is C42H22N8Na4O12S4. The van der Waals surface area contributed by atoms with E-state index in [1.807, 2.05) is 0 Å². The van der Waals surface area contributed by atoms with Crippen LogP contribution in [0.2, 0.25) is 0 Å². The smallest absolute Gasteiger partial charge is 0.744 e. The van der Waals surface area contributed by atoms with Crippen molar-refractivity contribution in [2.75, 3.05) is 0 Å². The average Bonchev–Trinajstić information content (AvgIpc) is 3.30. The summed E-state index contributed by atoms with van der Waals surface area (Å²) in [4.78, 5) is 16.6. The van der Waals surface area contributed by atoms with Gasteiger partial charge < -0.3 is 18.2 Å². The molecule has 0 fully saturated rings. The zero-order chi connectivity index (χ0) is 46.8. The molecule has 0 aliphatic heterocycles. The maximum absolute atomic E-state index is 12.0. The number of fused-ring (bicyclic) bond motifs is 3. The molecule has 0 amide bonds. The normalized spacial score (nSPS) is 11.7. The van der Waals surface area contributed by atoms with E-state index < -0.39 is 60.1 Å². The Balaban J connectivity index is 0.00000228. The van der Waals surface area contributed by atoms with Gasteiger partial charge in [0.25, 0.3) is 0 Å². The molecule has 330 valence electrons. The third-order valence-electron chi connectivity index (χ3n) is 9.94. The molecule has 0 aliphatic rings. The Kier molecular flexibility index (Phi) is 18.4. The van der Waals surface area contributed by atoms with Gasteiger partial charge in [0.2, 0.25) is 11.6 Å². The first-order valence-corrected chi connectivity index (χ1v) is 24.3. The van der Waals surface area contributed by atoms with Gasteiger partial charge in [-0.05, 0) is 60.7 Å². The number of nitrogens with zero attached hydrogens (tertiary/aromatic N) is 8. The van der Waals surface area contributed by atoms with Gasteiger partial charge in [0, 0.05) is 33.0 Å². The molecule has 5 aromatic carbocycles. The fraction of sp³-hybridized carbons (Fsp3) is 0. The van der Waals surface area contributed by atoms with E-state index in [4.69, 9.17) is 9.97 Å². The molecule has 0 N–H and O–H groups in total. The van der Waals surface area contributed by atoms with Gasteiger partial charge in [-0.2, -0.15) is 0 Å². The summed E-state index contributed by atoms with van der Waals surface area (Å²) in [6.45, 7) is 0. The van der Waals surface area contributed by atoms with E-state index in [9.17, 15) is 51.9 Å². The summed E-state index contributed by atoms with van der Waals surface area (Å²) in [5.74, 6) is -0.202.